The number of rotatable bonds is 4. The summed E-state index contributed by atoms with van der Waals surface area (Å²) < 4.78 is 6.02. The molecule has 10 nitrogen and oxygen atoms in total. The molecule has 4 aromatic rings. The number of benzene rings is 2. The number of hydrogen-bond donors (Lipinski definition) is 2. The molecule has 6 rings (SSSR count). The highest BCUT2D eigenvalue weighted by atomic mass is 16.4. The molecule has 1 amide bonds. The summed E-state index contributed by atoms with van der Waals surface area (Å²) in [5.41, 5.74) is 1.58. The van der Waals surface area contributed by atoms with Gasteiger partial charge < -0.3 is 24.2 Å². The number of amides is 1. The Morgan fingerprint density at radius 2 is 1.81 bits per heavy atom. The van der Waals surface area contributed by atoms with Crippen molar-refractivity contribution >= 4 is 39.9 Å². The lowest BCUT2D eigenvalue weighted by molar-refractivity contribution is 0.0262. The topological polar surface area (TPSA) is 119 Å². The van der Waals surface area contributed by atoms with Gasteiger partial charge in [0.2, 0.25) is 5.95 Å². The van der Waals surface area contributed by atoms with E-state index in [4.69, 9.17) is 4.42 Å². The van der Waals surface area contributed by atoms with Gasteiger partial charge in [-0.05, 0) is 50.6 Å². The van der Waals surface area contributed by atoms with Crippen molar-refractivity contribution in [2.45, 2.75) is 25.9 Å². The Labute approximate surface area is 213 Å². The predicted octanol–water partition coefficient (Wildman–Crippen LogP) is 2.62. The summed E-state index contributed by atoms with van der Waals surface area (Å²) in [5, 5.41) is 10.9. The fourth-order valence-electron chi connectivity index (χ4n) is 5.22. The average molecular weight is 503 g/mol. The molecule has 0 bridgehead atoms. The maximum Gasteiger partial charge on any atom is 0.298 e. The van der Waals surface area contributed by atoms with E-state index in [-0.39, 0.29) is 17.4 Å². The van der Waals surface area contributed by atoms with Crippen molar-refractivity contribution in [3.8, 4) is 0 Å². The first-order valence-electron chi connectivity index (χ1n) is 12.7. The van der Waals surface area contributed by atoms with Crippen LogP contribution >= 0.6 is 0 Å². The zero-order valence-electron chi connectivity index (χ0n) is 21.0. The van der Waals surface area contributed by atoms with Crippen molar-refractivity contribution < 1.29 is 14.3 Å². The first-order valence-corrected chi connectivity index (χ1v) is 12.7. The van der Waals surface area contributed by atoms with Crippen molar-refractivity contribution in [2.24, 2.45) is 5.92 Å². The number of aromatic nitrogens is 3. The van der Waals surface area contributed by atoms with Crippen LogP contribution in [0.15, 0.2) is 51.7 Å². The molecular weight excluding hydrogens is 472 g/mol. The smallest absolute Gasteiger partial charge is 0.298 e. The van der Waals surface area contributed by atoms with Gasteiger partial charge in [-0.25, -0.2) is 4.98 Å². The molecule has 0 spiro atoms. The van der Waals surface area contributed by atoms with Crippen LogP contribution in [0.1, 0.15) is 30.6 Å². The number of anilines is 2. The Morgan fingerprint density at radius 3 is 2.57 bits per heavy atom. The van der Waals surface area contributed by atoms with Crippen molar-refractivity contribution in [1.82, 2.24) is 19.9 Å². The van der Waals surface area contributed by atoms with E-state index >= 15 is 0 Å². The van der Waals surface area contributed by atoms with Crippen LogP contribution in [0.3, 0.4) is 0 Å². The van der Waals surface area contributed by atoms with Gasteiger partial charge >= 0.3 is 0 Å². The first kappa shape index (κ1) is 23.5. The number of para-hydroxylation sites is 1. The Kier molecular flexibility index (Phi) is 5.63. The molecule has 0 aliphatic carbocycles. The van der Waals surface area contributed by atoms with Gasteiger partial charge in [0, 0.05) is 50.7 Å². The monoisotopic (exact) mass is 502 g/mol. The minimum atomic E-state index is -0.746. The number of H-pyrrole nitrogens is 1. The van der Waals surface area contributed by atoms with E-state index < -0.39 is 5.60 Å². The van der Waals surface area contributed by atoms with Gasteiger partial charge in [-0.1, -0.05) is 12.1 Å². The van der Waals surface area contributed by atoms with Crippen LogP contribution in [0.25, 0.3) is 22.0 Å². The summed E-state index contributed by atoms with van der Waals surface area (Å²) in [7, 11) is 0. The summed E-state index contributed by atoms with van der Waals surface area (Å²) in [5.74, 6) is 0.615. The molecule has 37 heavy (non-hydrogen) atoms. The van der Waals surface area contributed by atoms with Crippen LogP contribution in [0.5, 0.6) is 0 Å². The largest absolute Gasteiger partial charge is 0.423 e. The highest BCUT2D eigenvalue weighted by Crippen LogP contribution is 2.32. The lowest BCUT2D eigenvalue weighted by Gasteiger charge is -2.35. The molecule has 0 saturated carbocycles. The molecule has 2 saturated heterocycles. The van der Waals surface area contributed by atoms with Gasteiger partial charge in [0.1, 0.15) is 5.52 Å². The van der Waals surface area contributed by atoms with Crippen molar-refractivity contribution in [1.29, 1.82) is 0 Å². The molecule has 192 valence electrons. The van der Waals surface area contributed by atoms with E-state index in [2.05, 4.69) is 19.9 Å². The summed E-state index contributed by atoms with van der Waals surface area (Å²) in [6, 6.07) is 13.2. The summed E-state index contributed by atoms with van der Waals surface area (Å²) in [6.07, 6.45) is 0.876. The molecule has 0 radical (unpaired) electrons. The first-order chi connectivity index (χ1) is 17.8. The number of nitrogens with one attached hydrogen (secondary N) is 1. The second-order valence-corrected chi connectivity index (χ2v) is 10.5. The second kappa shape index (κ2) is 8.88. The molecule has 2 N–H and O–H groups in total. The average Bonchev–Trinajstić information content (AvgIpc) is 3.55. The SMILES string of the molecule is CC(C)(O)C1CCN(c2nc3ccc(C(=O)N4CCN(c5nc6ccccc6c(=O)[nH]5)CC4)cc3o2)C1. The van der Waals surface area contributed by atoms with Gasteiger partial charge in [0.15, 0.2) is 5.58 Å². The highest BCUT2D eigenvalue weighted by molar-refractivity contribution is 5.97. The Hall–Kier alpha value is -3.92. The summed E-state index contributed by atoms with van der Waals surface area (Å²) in [6.45, 7) is 7.30. The third-order valence-corrected chi connectivity index (χ3v) is 7.55. The Bertz CT molecular complexity index is 1530. The van der Waals surface area contributed by atoms with E-state index in [9.17, 15) is 14.7 Å². The molecule has 1 unspecified atom stereocenters. The fourth-order valence-corrected chi connectivity index (χ4v) is 5.22. The van der Waals surface area contributed by atoms with Crippen molar-refractivity contribution in [3.05, 3.63) is 58.4 Å². The zero-order chi connectivity index (χ0) is 25.7. The predicted molar refractivity (Wildman–Crippen MR) is 141 cm³/mol. The molecule has 2 aliphatic rings. The third-order valence-electron chi connectivity index (χ3n) is 7.55. The minimum Gasteiger partial charge on any atom is -0.423 e. The number of nitrogens with zero attached hydrogens (tertiary/aromatic N) is 5. The molecule has 2 aromatic carbocycles. The van der Waals surface area contributed by atoms with Crippen molar-refractivity contribution in [3.63, 3.8) is 0 Å². The number of fused-ring (bicyclic) bond motifs is 2. The van der Waals surface area contributed by atoms with Crippen molar-refractivity contribution in [2.75, 3.05) is 49.1 Å². The van der Waals surface area contributed by atoms with Crippen LogP contribution in [0, 0.1) is 5.92 Å². The Morgan fingerprint density at radius 1 is 1.03 bits per heavy atom. The Balaban J connectivity index is 1.14. The number of carbonyl (C=O) groups is 1. The fraction of sp³-hybridized carbons (Fsp3) is 0.407. The van der Waals surface area contributed by atoms with E-state index in [0.29, 0.717) is 72.3 Å². The molecular formula is C27H30N6O4. The minimum absolute atomic E-state index is 0.0669. The normalized spacial score (nSPS) is 18.8. The second-order valence-electron chi connectivity index (χ2n) is 10.5. The zero-order valence-corrected chi connectivity index (χ0v) is 21.0. The number of aromatic amines is 1. The lowest BCUT2D eigenvalue weighted by Crippen LogP contribution is -2.49. The van der Waals surface area contributed by atoms with Crippen LogP contribution in [0.2, 0.25) is 0 Å². The third kappa shape index (κ3) is 4.42. The molecule has 10 heteroatoms. The summed E-state index contributed by atoms with van der Waals surface area (Å²) >= 11 is 0. The maximum atomic E-state index is 13.3. The molecule has 2 fully saturated rings. The summed E-state index contributed by atoms with van der Waals surface area (Å²) in [4.78, 5) is 43.6. The highest BCUT2D eigenvalue weighted by Gasteiger charge is 2.35. The molecule has 2 aliphatic heterocycles. The van der Waals surface area contributed by atoms with E-state index in [1.165, 1.54) is 0 Å². The number of hydrogen-bond acceptors (Lipinski definition) is 8. The van der Waals surface area contributed by atoms with Crippen LogP contribution in [0.4, 0.5) is 12.0 Å². The van der Waals surface area contributed by atoms with Gasteiger partial charge in [0.25, 0.3) is 17.5 Å². The van der Waals surface area contributed by atoms with Gasteiger partial charge in [0.05, 0.1) is 16.5 Å². The molecule has 4 heterocycles. The standard InChI is InChI=1S/C27H30N6O4/c1-27(2,36)18-9-10-33(16-18)26-29-21-8-7-17(15-22(21)37-26)24(35)31-11-13-32(14-12-31)25-28-20-6-4-3-5-19(20)23(34)30-25/h3-8,15,18,36H,9-14,16H2,1-2H3,(H,28,30,34). The number of oxazole rings is 1. The lowest BCUT2D eigenvalue weighted by atomic mass is 9.91. The number of piperazine rings is 1. The maximum absolute atomic E-state index is 13.3. The van der Waals surface area contributed by atoms with E-state index in [0.717, 1.165) is 13.0 Å². The van der Waals surface area contributed by atoms with E-state index in [1.807, 2.05) is 47.9 Å². The molecule has 2 aromatic heterocycles. The number of aliphatic hydroxyl groups is 1. The number of carbonyl (C=O) groups excluding carboxylic acids is 1. The van der Waals surface area contributed by atoms with Gasteiger partial charge in [-0.15, -0.1) is 0 Å². The van der Waals surface area contributed by atoms with E-state index in [1.54, 1.807) is 18.2 Å². The van der Waals surface area contributed by atoms with Gasteiger partial charge in [-0.3, -0.25) is 14.6 Å². The quantitative estimate of drug-likeness (QED) is 0.437. The van der Waals surface area contributed by atoms with Gasteiger partial charge in [-0.2, -0.15) is 4.98 Å². The van der Waals surface area contributed by atoms with Crippen LogP contribution in [-0.4, -0.2) is 75.7 Å². The molecule has 1 atom stereocenters. The van der Waals surface area contributed by atoms with Crippen LogP contribution < -0.4 is 15.4 Å². The van der Waals surface area contributed by atoms with Crippen LogP contribution in [-0.2, 0) is 0 Å².